The molecule has 0 unspecified atom stereocenters. The summed E-state index contributed by atoms with van der Waals surface area (Å²) in [6.45, 7) is 3.99. The molecule has 1 heterocycles. The number of ether oxygens (including phenoxy) is 1. The van der Waals surface area contributed by atoms with Crippen LogP contribution in [0.4, 0.5) is 0 Å². The first kappa shape index (κ1) is 10.3. The van der Waals surface area contributed by atoms with Gasteiger partial charge in [-0.05, 0) is 31.5 Å². The summed E-state index contributed by atoms with van der Waals surface area (Å²) in [5.41, 5.74) is 2.22. The molecule has 0 aliphatic carbocycles. The maximum Gasteiger partial charge on any atom is 0.291 e. The highest BCUT2D eigenvalue weighted by Crippen LogP contribution is 2.26. The number of nitriles is 1. The Balaban J connectivity index is 2.24. The smallest absolute Gasteiger partial charge is 0.291 e. The molecule has 1 aromatic carbocycles. The van der Waals surface area contributed by atoms with Gasteiger partial charge in [-0.3, -0.25) is 0 Å². The van der Waals surface area contributed by atoms with E-state index in [1.807, 2.05) is 38.1 Å². The Morgan fingerprint density at radius 2 is 2.00 bits per heavy atom. The molecule has 3 nitrogen and oxygen atoms in total. The van der Waals surface area contributed by atoms with E-state index in [0.29, 0.717) is 5.95 Å². The highest BCUT2D eigenvalue weighted by molar-refractivity contribution is 5.38. The lowest BCUT2D eigenvalue weighted by Gasteiger charge is -2.06. The number of hydrogen-bond donors (Lipinski definition) is 0. The Kier molecular flexibility index (Phi) is 2.65. The molecule has 0 radical (unpaired) electrons. The minimum Gasteiger partial charge on any atom is -0.426 e. The standard InChI is InChI=1S/C13H11NO2/c1-9-3-5-12(10(2)7-9)16-13-6-4-11(8-14)15-13/h3-7H,1-2H3. The first-order valence-corrected chi connectivity index (χ1v) is 4.94. The van der Waals surface area contributed by atoms with E-state index in [1.54, 1.807) is 12.1 Å². The summed E-state index contributed by atoms with van der Waals surface area (Å²) in [6, 6.07) is 11.0. The summed E-state index contributed by atoms with van der Waals surface area (Å²) in [6.07, 6.45) is 0. The maximum atomic E-state index is 8.61. The Hall–Kier alpha value is -2.21. The summed E-state index contributed by atoms with van der Waals surface area (Å²) in [7, 11) is 0. The Labute approximate surface area is 93.9 Å². The summed E-state index contributed by atoms with van der Waals surface area (Å²) in [5.74, 6) is 1.33. The molecule has 0 fully saturated rings. The number of aryl methyl sites for hydroxylation is 2. The van der Waals surface area contributed by atoms with Crippen molar-refractivity contribution in [2.45, 2.75) is 13.8 Å². The average molecular weight is 213 g/mol. The van der Waals surface area contributed by atoms with Crippen molar-refractivity contribution in [3.05, 3.63) is 47.2 Å². The van der Waals surface area contributed by atoms with Crippen LogP contribution in [-0.2, 0) is 0 Å². The van der Waals surface area contributed by atoms with Gasteiger partial charge in [0.1, 0.15) is 11.8 Å². The second-order valence-corrected chi connectivity index (χ2v) is 3.60. The molecular formula is C13H11NO2. The van der Waals surface area contributed by atoms with E-state index in [2.05, 4.69) is 0 Å². The van der Waals surface area contributed by atoms with E-state index in [0.717, 1.165) is 11.3 Å². The van der Waals surface area contributed by atoms with Gasteiger partial charge in [-0.1, -0.05) is 17.7 Å². The molecule has 0 saturated heterocycles. The van der Waals surface area contributed by atoms with E-state index in [-0.39, 0.29) is 5.76 Å². The third-order valence-electron chi connectivity index (χ3n) is 2.23. The molecule has 16 heavy (non-hydrogen) atoms. The summed E-state index contributed by atoms with van der Waals surface area (Å²) >= 11 is 0. The van der Waals surface area contributed by atoms with E-state index in [9.17, 15) is 0 Å². The number of rotatable bonds is 2. The van der Waals surface area contributed by atoms with Crippen LogP contribution >= 0.6 is 0 Å². The Morgan fingerprint density at radius 1 is 1.19 bits per heavy atom. The minimum atomic E-state index is 0.250. The van der Waals surface area contributed by atoms with E-state index in [1.165, 1.54) is 5.56 Å². The fourth-order valence-corrected chi connectivity index (χ4v) is 1.46. The lowest BCUT2D eigenvalue weighted by Crippen LogP contribution is -1.86. The second-order valence-electron chi connectivity index (χ2n) is 3.60. The largest absolute Gasteiger partial charge is 0.426 e. The summed E-state index contributed by atoms with van der Waals surface area (Å²) in [4.78, 5) is 0. The molecule has 0 aliphatic rings. The van der Waals surface area contributed by atoms with Crippen molar-refractivity contribution in [1.82, 2.24) is 0 Å². The normalized spacial score (nSPS) is 9.81. The van der Waals surface area contributed by atoms with Gasteiger partial charge in [-0.15, -0.1) is 0 Å². The van der Waals surface area contributed by atoms with Gasteiger partial charge in [0.25, 0.3) is 5.95 Å². The van der Waals surface area contributed by atoms with Gasteiger partial charge in [-0.2, -0.15) is 5.26 Å². The molecule has 0 bridgehead atoms. The highest BCUT2D eigenvalue weighted by Gasteiger charge is 2.05. The van der Waals surface area contributed by atoms with Crippen LogP contribution in [0.3, 0.4) is 0 Å². The zero-order valence-electron chi connectivity index (χ0n) is 9.15. The second kappa shape index (κ2) is 4.11. The highest BCUT2D eigenvalue weighted by atomic mass is 16.6. The van der Waals surface area contributed by atoms with Crippen LogP contribution in [0.25, 0.3) is 0 Å². The molecule has 2 aromatic rings. The SMILES string of the molecule is Cc1ccc(Oc2ccc(C#N)o2)c(C)c1. The van der Waals surface area contributed by atoms with Gasteiger partial charge in [0, 0.05) is 6.07 Å². The Morgan fingerprint density at radius 3 is 2.62 bits per heavy atom. The minimum absolute atomic E-state index is 0.250. The van der Waals surface area contributed by atoms with Crippen LogP contribution in [0.15, 0.2) is 34.7 Å². The lowest BCUT2D eigenvalue weighted by atomic mass is 10.1. The number of nitrogens with zero attached hydrogens (tertiary/aromatic N) is 1. The summed E-state index contributed by atoms with van der Waals surface area (Å²) < 4.78 is 10.7. The molecule has 0 saturated carbocycles. The Bertz CT molecular complexity index is 549. The first-order valence-electron chi connectivity index (χ1n) is 4.94. The average Bonchev–Trinajstić information content (AvgIpc) is 2.70. The zero-order chi connectivity index (χ0) is 11.5. The van der Waals surface area contributed by atoms with Crippen LogP contribution in [0.2, 0.25) is 0 Å². The van der Waals surface area contributed by atoms with Crippen molar-refractivity contribution in [1.29, 1.82) is 5.26 Å². The van der Waals surface area contributed by atoms with Crippen LogP contribution in [0.1, 0.15) is 16.9 Å². The predicted molar refractivity (Wildman–Crippen MR) is 59.4 cm³/mol. The van der Waals surface area contributed by atoms with Crippen molar-refractivity contribution < 1.29 is 9.15 Å². The van der Waals surface area contributed by atoms with Crippen molar-refractivity contribution >= 4 is 0 Å². The number of benzene rings is 1. The van der Waals surface area contributed by atoms with Crippen LogP contribution in [0, 0.1) is 25.2 Å². The van der Waals surface area contributed by atoms with Crippen LogP contribution in [-0.4, -0.2) is 0 Å². The zero-order valence-corrected chi connectivity index (χ0v) is 9.15. The van der Waals surface area contributed by atoms with Gasteiger partial charge in [0.15, 0.2) is 0 Å². The molecule has 0 spiro atoms. The first-order chi connectivity index (χ1) is 7.69. The maximum absolute atomic E-state index is 8.61. The molecular weight excluding hydrogens is 202 g/mol. The van der Waals surface area contributed by atoms with Crippen LogP contribution < -0.4 is 4.74 Å². The lowest BCUT2D eigenvalue weighted by molar-refractivity contribution is 0.341. The van der Waals surface area contributed by atoms with Gasteiger partial charge < -0.3 is 9.15 Å². The third kappa shape index (κ3) is 2.06. The quantitative estimate of drug-likeness (QED) is 0.766. The summed E-state index contributed by atoms with van der Waals surface area (Å²) in [5, 5.41) is 8.61. The van der Waals surface area contributed by atoms with Crippen molar-refractivity contribution in [2.24, 2.45) is 0 Å². The molecule has 0 N–H and O–H groups in total. The molecule has 3 heteroatoms. The molecule has 80 valence electrons. The molecule has 0 amide bonds. The van der Waals surface area contributed by atoms with Gasteiger partial charge in [0.2, 0.25) is 5.76 Å². The van der Waals surface area contributed by atoms with Crippen molar-refractivity contribution in [3.63, 3.8) is 0 Å². The number of hydrogen-bond acceptors (Lipinski definition) is 3. The molecule has 2 rings (SSSR count). The predicted octanol–water partition coefficient (Wildman–Crippen LogP) is 3.56. The molecule has 1 aromatic heterocycles. The van der Waals surface area contributed by atoms with Crippen LogP contribution in [0.5, 0.6) is 11.7 Å². The number of furan rings is 1. The van der Waals surface area contributed by atoms with E-state index >= 15 is 0 Å². The van der Waals surface area contributed by atoms with E-state index in [4.69, 9.17) is 14.4 Å². The monoisotopic (exact) mass is 213 g/mol. The molecule has 0 atom stereocenters. The third-order valence-corrected chi connectivity index (χ3v) is 2.23. The van der Waals surface area contributed by atoms with E-state index < -0.39 is 0 Å². The fourth-order valence-electron chi connectivity index (χ4n) is 1.46. The fraction of sp³-hybridized carbons (Fsp3) is 0.154. The van der Waals surface area contributed by atoms with Crippen molar-refractivity contribution in [2.75, 3.05) is 0 Å². The van der Waals surface area contributed by atoms with Gasteiger partial charge in [0.05, 0.1) is 0 Å². The van der Waals surface area contributed by atoms with Gasteiger partial charge >= 0.3 is 0 Å². The molecule has 0 aliphatic heterocycles. The van der Waals surface area contributed by atoms with Crippen molar-refractivity contribution in [3.8, 4) is 17.8 Å². The topological polar surface area (TPSA) is 46.2 Å². The van der Waals surface area contributed by atoms with Gasteiger partial charge in [-0.25, -0.2) is 0 Å².